The second-order valence-corrected chi connectivity index (χ2v) is 6.02. The smallest absolute Gasteiger partial charge is 0.318 e. The minimum atomic E-state index is -0.918. The normalized spacial score (nSPS) is 10.1. The molecule has 27 heavy (non-hydrogen) atoms. The van der Waals surface area contributed by atoms with Crippen LogP contribution in [0.25, 0.3) is 0 Å². The van der Waals surface area contributed by atoms with Crippen LogP contribution in [0.1, 0.15) is 29.5 Å². The Kier molecular flexibility index (Phi) is 7.32. The average Bonchev–Trinajstić information content (AvgIpc) is 2.65. The molecular formula is C20H20FN3O3. The van der Waals surface area contributed by atoms with Gasteiger partial charge in [0, 0.05) is 26.1 Å². The van der Waals surface area contributed by atoms with Crippen molar-refractivity contribution >= 4 is 12.0 Å². The van der Waals surface area contributed by atoms with Crippen molar-refractivity contribution in [1.29, 1.82) is 5.26 Å². The molecule has 0 saturated carbocycles. The number of carboxylic acid groups (broad SMARTS) is 1. The molecule has 140 valence electrons. The van der Waals surface area contributed by atoms with Gasteiger partial charge < -0.3 is 15.3 Å². The molecular weight excluding hydrogens is 349 g/mol. The summed E-state index contributed by atoms with van der Waals surface area (Å²) < 4.78 is 13.4. The average molecular weight is 369 g/mol. The van der Waals surface area contributed by atoms with Crippen molar-refractivity contribution in [3.05, 3.63) is 71.0 Å². The highest BCUT2D eigenvalue weighted by Crippen LogP contribution is 2.12. The van der Waals surface area contributed by atoms with Gasteiger partial charge in [-0.2, -0.15) is 5.26 Å². The number of halogens is 1. The van der Waals surface area contributed by atoms with Crippen LogP contribution in [-0.4, -0.2) is 28.6 Å². The molecule has 0 aliphatic carbocycles. The summed E-state index contributed by atoms with van der Waals surface area (Å²) in [6, 6.07) is 14.5. The zero-order chi connectivity index (χ0) is 19.6. The summed E-state index contributed by atoms with van der Waals surface area (Å²) in [5, 5.41) is 20.2. The summed E-state index contributed by atoms with van der Waals surface area (Å²) in [5.41, 5.74) is 1.99. The maximum atomic E-state index is 13.4. The first-order chi connectivity index (χ1) is 13.0. The summed E-state index contributed by atoms with van der Waals surface area (Å²) in [6.45, 7) is 0.702. The molecule has 0 fully saturated rings. The minimum absolute atomic E-state index is 0.0280. The van der Waals surface area contributed by atoms with Gasteiger partial charge in [0.1, 0.15) is 5.82 Å². The van der Waals surface area contributed by atoms with E-state index in [0.717, 1.165) is 5.56 Å². The van der Waals surface area contributed by atoms with Crippen molar-refractivity contribution < 1.29 is 19.1 Å². The van der Waals surface area contributed by atoms with Gasteiger partial charge in [-0.25, -0.2) is 9.18 Å². The molecule has 2 amide bonds. The van der Waals surface area contributed by atoms with E-state index in [1.54, 1.807) is 36.4 Å². The van der Waals surface area contributed by atoms with Crippen molar-refractivity contribution in [3.8, 4) is 6.07 Å². The maximum absolute atomic E-state index is 13.4. The fraction of sp³-hybridized carbons (Fsp3) is 0.250. The molecule has 2 N–H and O–H groups in total. The summed E-state index contributed by atoms with van der Waals surface area (Å²) in [7, 11) is 0. The fourth-order valence-electron chi connectivity index (χ4n) is 2.51. The molecule has 0 heterocycles. The van der Waals surface area contributed by atoms with Gasteiger partial charge in [0.25, 0.3) is 0 Å². The van der Waals surface area contributed by atoms with Crippen molar-refractivity contribution in [2.24, 2.45) is 0 Å². The Balaban J connectivity index is 2.07. The Hall–Kier alpha value is -3.40. The van der Waals surface area contributed by atoms with Gasteiger partial charge in [-0.05, 0) is 41.8 Å². The van der Waals surface area contributed by atoms with Gasteiger partial charge in [0.15, 0.2) is 0 Å². The third kappa shape index (κ3) is 6.78. The van der Waals surface area contributed by atoms with E-state index in [-0.39, 0.29) is 37.9 Å². The van der Waals surface area contributed by atoms with Gasteiger partial charge in [-0.3, -0.25) is 4.79 Å². The Bertz CT molecular complexity index is 831. The van der Waals surface area contributed by atoms with E-state index in [1.807, 2.05) is 6.07 Å². The van der Waals surface area contributed by atoms with E-state index >= 15 is 0 Å². The quantitative estimate of drug-likeness (QED) is 0.699. The van der Waals surface area contributed by atoms with Crippen molar-refractivity contribution in [3.63, 3.8) is 0 Å². The number of rotatable bonds is 8. The Morgan fingerprint density at radius 2 is 1.81 bits per heavy atom. The standard InChI is InChI=1S/C20H20FN3O3/c21-18-4-1-3-17(11-18)14-24(20(27)23-10-2-5-19(25)26)13-16-8-6-15(12-22)7-9-16/h1,3-4,6-9,11H,2,5,10,13-14H2,(H,23,27)(H,25,26). The monoisotopic (exact) mass is 369 g/mol. The number of carbonyl (C=O) groups is 2. The van der Waals surface area contributed by atoms with Crippen LogP contribution >= 0.6 is 0 Å². The molecule has 0 unspecified atom stereocenters. The summed E-state index contributed by atoms with van der Waals surface area (Å²) >= 11 is 0. The molecule has 6 nitrogen and oxygen atoms in total. The maximum Gasteiger partial charge on any atom is 0.318 e. The van der Waals surface area contributed by atoms with Gasteiger partial charge in [0.2, 0.25) is 0 Å². The van der Waals surface area contributed by atoms with Crippen LogP contribution in [0.15, 0.2) is 48.5 Å². The number of amides is 2. The summed E-state index contributed by atoms with van der Waals surface area (Å²) in [4.78, 5) is 24.6. The third-order valence-electron chi connectivity index (χ3n) is 3.85. The van der Waals surface area contributed by atoms with Crippen LogP contribution in [0.5, 0.6) is 0 Å². The predicted octanol–water partition coefficient (Wildman–Crippen LogP) is 3.27. The number of benzene rings is 2. The predicted molar refractivity (Wildman–Crippen MR) is 97.1 cm³/mol. The zero-order valence-electron chi connectivity index (χ0n) is 14.7. The van der Waals surface area contributed by atoms with Gasteiger partial charge >= 0.3 is 12.0 Å². The molecule has 2 rings (SSSR count). The van der Waals surface area contributed by atoms with E-state index < -0.39 is 5.97 Å². The van der Waals surface area contributed by atoms with Crippen LogP contribution in [0.2, 0.25) is 0 Å². The Labute approximate surface area is 156 Å². The first-order valence-corrected chi connectivity index (χ1v) is 8.46. The number of hydrogen-bond acceptors (Lipinski definition) is 3. The van der Waals surface area contributed by atoms with Crippen LogP contribution in [-0.2, 0) is 17.9 Å². The van der Waals surface area contributed by atoms with Crippen LogP contribution < -0.4 is 5.32 Å². The number of hydrogen-bond donors (Lipinski definition) is 2. The zero-order valence-corrected chi connectivity index (χ0v) is 14.7. The molecule has 0 aliphatic heterocycles. The Morgan fingerprint density at radius 3 is 2.44 bits per heavy atom. The van der Waals surface area contributed by atoms with Crippen molar-refractivity contribution in [1.82, 2.24) is 10.2 Å². The highest BCUT2D eigenvalue weighted by molar-refractivity contribution is 5.74. The second kappa shape index (κ2) is 9.92. The lowest BCUT2D eigenvalue weighted by Crippen LogP contribution is -2.39. The van der Waals surface area contributed by atoms with Crippen LogP contribution in [0.3, 0.4) is 0 Å². The van der Waals surface area contributed by atoms with Crippen molar-refractivity contribution in [2.75, 3.05) is 6.54 Å². The lowest BCUT2D eigenvalue weighted by molar-refractivity contribution is -0.137. The van der Waals surface area contributed by atoms with Crippen LogP contribution in [0, 0.1) is 17.1 Å². The van der Waals surface area contributed by atoms with E-state index in [1.165, 1.54) is 17.0 Å². The van der Waals surface area contributed by atoms with Crippen molar-refractivity contribution in [2.45, 2.75) is 25.9 Å². The SMILES string of the molecule is N#Cc1ccc(CN(Cc2cccc(F)c2)C(=O)NCCCC(=O)O)cc1. The number of carbonyl (C=O) groups excluding carboxylic acids is 1. The minimum Gasteiger partial charge on any atom is -0.481 e. The number of urea groups is 1. The van der Waals surface area contributed by atoms with E-state index in [0.29, 0.717) is 17.5 Å². The van der Waals surface area contributed by atoms with Gasteiger partial charge in [-0.1, -0.05) is 24.3 Å². The molecule has 0 saturated heterocycles. The lowest BCUT2D eigenvalue weighted by Gasteiger charge is -2.23. The number of nitrogens with one attached hydrogen (secondary N) is 1. The van der Waals surface area contributed by atoms with E-state index in [4.69, 9.17) is 10.4 Å². The largest absolute Gasteiger partial charge is 0.481 e. The highest BCUT2D eigenvalue weighted by Gasteiger charge is 2.15. The molecule has 0 atom stereocenters. The third-order valence-corrected chi connectivity index (χ3v) is 3.85. The molecule has 2 aromatic rings. The van der Waals surface area contributed by atoms with Gasteiger partial charge in [0.05, 0.1) is 11.6 Å². The fourth-order valence-corrected chi connectivity index (χ4v) is 2.51. The number of carboxylic acids is 1. The summed E-state index contributed by atoms with van der Waals surface area (Å²) in [6.07, 6.45) is 0.297. The first kappa shape index (κ1) is 19.9. The molecule has 0 spiro atoms. The van der Waals surface area contributed by atoms with Gasteiger partial charge in [-0.15, -0.1) is 0 Å². The lowest BCUT2D eigenvalue weighted by atomic mass is 10.1. The van der Waals surface area contributed by atoms with E-state index in [9.17, 15) is 14.0 Å². The topological polar surface area (TPSA) is 93.4 Å². The molecule has 0 radical (unpaired) electrons. The molecule has 0 aromatic heterocycles. The highest BCUT2D eigenvalue weighted by atomic mass is 19.1. The summed E-state index contributed by atoms with van der Waals surface area (Å²) in [5.74, 6) is -1.30. The molecule has 2 aromatic carbocycles. The number of aliphatic carboxylic acids is 1. The second-order valence-electron chi connectivity index (χ2n) is 6.02. The molecule has 0 bridgehead atoms. The van der Waals surface area contributed by atoms with E-state index in [2.05, 4.69) is 5.32 Å². The molecule has 7 heteroatoms. The Morgan fingerprint density at radius 1 is 1.11 bits per heavy atom. The number of nitriles is 1. The first-order valence-electron chi connectivity index (χ1n) is 8.46. The molecule has 0 aliphatic rings. The number of nitrogens with zero attached hydrogens (tertiary/aromatic N) is 2. The van der Waals surface area contributed by atoms with Crippen LogP contribution in [0.4, 0.5) is 9.18 Å².